The second-order valence-corrected chi connectivity index (χ2v) is 7.47. The first-order valence-electron chi connectivity index (χ1n) is 8.42. The molecule has 2 aromatic heterocycles. The SMILES string of the molecule is Cn1cccc1C(=O)N1CCN(Cc2coc(C(C)(C)C)n2)CC1. The Balaban J connectivity index is 1.55. The average molecular weight is 330 g/mol. The predicted octanol–water partition coefficient (Wildman–Crippen LogP) is 2.27. The van der Waals surface area contributed by atoms with Gasteiger partial charge in [-0.1, -0.05) is 20.8 Å². The van der Waals surface area contributed by atoms with E-state index in [1.165, 1.54) is 0 Å². The van der Waals surface area contributed by atoms with Crippen molar-refractivity contribution in [2.45, 2.75) is 32.7 Å². The molecule has 1 aliphatic heterocycles. The van der Waals surface area contributed by atoms with Crippen molar-refractivity contribution < 1.29 is 9.21 Å². The second kappa shape index (κ2) is 6.43. The summed E-state index contributed by atoms with van der Waals surface area (Å²) in [4.78, 5) is 21.4. The lowest BCUT2D eigenvalue weighted by atomic mass is 9.97. The number of amides is 1. The third kappa shape index (κ3) is 3.53. The van der Waals surface area contributed by atoms with Crippen LogP contribution in [0.25, 0.3) is 0 Å². The predicted molar refractivity (Wildman–Crippen MR) is 91.8 cm³/mol. The molecule has 1 saturated heterocycles. The number of piperazine rings is 1. The van der Waals surface area contributed by atoms with Crippen LogP contribution in [0, 0.1) is 0 Å². The molecule has 3 heterocycles. The Morgan fingerprint density at radius 2 is 1.96 bits per heavy atom. The number of oxazole rings is 1. The Bertz CT molecular complexity index is 703. The van der Waals surface area contributed by atoms with Crippen molar-refractivity contribution in [2.75, 3.05) is 26.2 Å². The molecule has 6 heteroatoms. The van der Waals surface area contributed by atoms with E-state index in [9.17, 15) is 4.79 Å². The van der Waals surface area contributed by atoms with Gasteiger partial charge in [0.25, 0.3) is 5.91 Å². The molecule has 0 atom stereocenters. The Morgan fingerprint density at radius 1 is 1.25 bits per heavy atom. The summed E-state index contributed by atoms with van der Waals surface area (Å²) in [6.07, 6.45) is 3.66. The fraction of sp³-hybridized carbons (Fsp3) is 0.556. The summed E-state index contributed by atoms with van der Waals surface area (Å²) in [7, 11) is 1.90. The summed E-state index contributed by atoms with van der Waals surface area (Å²) < 4.78 is 7.46. The van der Waals surface area contributed by atoms with Gasteiger partial charge in [-0.2, -0.15) is 0 Å². The van der Waals surface area contributed by atoms with Gasteiger partial charge in [-0.3, -0.25) is 9.69 Å². The van der Waals surface area contributed by atoms with E-state index < -0.39 is 0 Å². The van der Waals surface area contributed by atoms with Gasteiger partial charge in [0.2, 0.25) is 0 Å². The smallest absolute Gasteiger partial charge is 0.270 e. The summed E-state index contributed by atoms with van der Waals surface area (Å²) in [5.41, 5.74) is 1.63. The molecule has 6 nitrogen and oxygen atoms in total. The van der Waals surface area contributed by atoms with Crippen molar-refractivity contribution in [1.29, 1.82) is 0 Å². The van der Waals surface area contributed by atoms with Crippen LogP contribution in [0.2, 0.25) is 0 Å². The number of carbonyl (C=O) groups is 1. The number of nitrogens with zero attached hydrogens (tertiary/aromatic N) is 4. The van der Waals surface area contributed by atoms with Crippen molar-refractivity contribution in [1.82, 2.24) is 19.4 Å². The number of carbonyl (C=O) groups excluding carboxylic acids is 1. The highest BCUT2D eigenvalue weighted by atomic mass is 16.3. The molecular weight excluding hydrogens is 304 g/mol. The third-order valence-electron chi connectivity index (χ3n) is 4.40. The summed E-state index contributed by atoms with van der Waals surface area (Å²) in [5.74, 6) is 0.883. The normalized spacial score (nSPS) is 16.6. The zero-order valence-corrected chi connectivity index (χ0v) is 15.0. The van der Waals surface area contributed by atoms with Crippen LogP contribution in [0.3, 0.4) is 0 Å². The molecule has 1 amide bonds. The molecule has 0 spiro atoms. The topological polar surface area (TPSA) is 54.5 Å². The largest absolute Gasteiger partial charge is 0.448 e. The minimum atomic E-state index is -0.0710. The number of rotatable bonds is 3. The molecule has 0 N–H and O–H groups in total. The van der Waals surface area contributed by atoms with Gasteiger partial charge in [0, 0.05) is 51.4 Å². The lowest BCUT2D eigenvalue weighted by Crippen LogP contribution is -2.48. The van der Waals surface area contributed by atoms with Crippen LogP contribution in [0.4, 0.5) is 0 Å². The molecule has 0 aliphatic carbocycles. The molecule has 0 bridgehead atoms. The molecule has 2 aromatic rings. The van der Waals surface area contributed by atoms with Crippen molar-refractivity contribution in [3.8, 4) is 0 Å². The van der Waals surface area contributed by atoms with E-state index in [0.717, 1.165) is 50.0 Å². The maximum atomic E-state index is 12.5. The summed E-state index contributed by atoms with van der Waals surface area (Å²) in [5, 5.41) is 0. The number of hydrogen-bond acceptors (Lipinski definition) is 4. The fourth-order valence-electron chi connectivity index (χ4n) is 2.91. The minimum absolute atomic E-state index is 0.0710. The molecular formula is C18H26N4O2. The number of aromatic nitrogens is 2. The summed E-state index contributed by atoms with van der Waals surface area (Å²) in [6.45, 7) is 10.2. The molecule has 1 fully saturated rings. The van der Waals surface area contributed by atoms with E-state index in [0.29, 0.717) is 0 Å². The van der Waals surface area contributed by atoms with E-state index in [1.54, 1.807) is 6.26 Å². The Hall–Kier alpha value is -2.08. The molecule has 0 aromatic carbocycles. The lowest BCUT2D eigenvalue weighted by molar-refractivity contribution is 0.0617. The van der Waals surface area contributed by atoms with Crippen LogP contribution < -0.4 is 0 Å². The standard InChI is InChI=1S/C18H26N4O2/c1-18(2,3)17-19-14(13-24-17)12-21-8-10-22(11-9-21)16(23)15-6-5-7-20(15)4/h5-7,13H,8-12H2,1-4H3. The highest BCUT2D eigenvalue weighted by Crippen LogP contribution is 2.21. The molecule has 1 aliphatic rings. The first kappa shape index (κ1) is 16.8. The lowest BCUT2D eigenvalue weighted by Gasteiger charge is -2.34. The fourth-order valence-corrected chi connectivity index (χ4v) is 2.91. The maximum absolute atomic E-state index is 12.5. The summed E-state index contributed by atoms with van der Waals surface area (Å²) >= 11 is 0. The molecule has 0 radical (unpaired) electrons. The van der Waals surface area contributed by atoms with Gasteiger partial charge >= 0.3 is 0 Å². The van der Waals surface area contributed by atoms with Gasteiger partial charge in [0.05, 0.1) is 5.69 Å². The van der Waals surface area contributed by atoms with Gasteiger partial charge in [0.15, 0.2) is 5.89 Å². The van der Waals surface area contributed by atoms with Crippen LogP contribution in [0.1, 0.15) is 42.8 Å². The van der Waals surface area contributed by atoms with Gasteiger partial charge in [-0.25, -0.2) is 4.98 Å². The van der Waals surface area contributed by atoms with Crippen LogP contribution in [0.5, 0.6) is 0 Å². The van der Waals surface area contributed by atoms with E-state index in [1.807, 2.05) is 34.8 Å². The van der Waals surface area contributed by atoms with Gasteiger partial charge < -0.3 is 13.9 Å². The highest BCUT2D eigenvalue weighted by Gasteiger charge is 2.25. The van der Waals surface area contributed by atoms with Crippen molar-refractivity contribution in [3.05, 3.63) is 41.9 Å². The molecule has 0 unspecified atom stereocenters. The van der Waals surface area contributed by atoms with Crippen LogP contribution in [-0.2, 0) is 19.0 Å². The molecule has 24 heavy (non-hydrogen) atoms. The molecule has 3 rings (SSSR count). The average Bonchev–Trinajstić information content (AvgIpc) is 3.16. The van der Waals surface area contributed by atoms with E-state index in [2.05, 4.69) is 30.7 Å². The van der Waals surface area contributed by atoms with Gasteiger partial charge in [-0.15, -0.1) is 0 Å². The van der Waals surface area contributed by atoms with E-state index >= 15 is 0 Å². The maximum Gasteiger partial charge on any atom is 0.270 e. The molecule has 130 valence electrons. The molecule has 0 saturated carbocycles. The van der Waals surface area contributed by atoms with E-state index in [-0.39, 0.29) is 11.3 Å². The second-order valence-electron chi connectivity index (χ2n) is 7.47. The van der Waals surface area contributed by atoms with Gasteiger partial charge in [0.1, 0.15) is 12.0 Å². The Morgan fingerprint density at radius 3 is 2.50 bits per heavy atom. The van der Waals surface area contributed by atoms with E-state index in [4.69, 9.17) is 4.42 Å². The number of hydrogen-bond donors (Lipinski definition) is 0. The van der Waals surface area contributed by atoms with Crippen LogP contribution >= 0.6 is 0 Å². The highest BCUT2D eigenvalue weighted by molar-refractivity contribution is 5.92. The first-order chi connectivity index (χ1) is 11.3. The van der Waals surface area contributed by atoms with Crippen LogP contribution in [-0.4, -0.2) is 51.4 Å². The van der Waals surface area contributed by atoms with Crippen LogP contribution in [0.15, 0.2) is 29.0 Å². The van der Waals surface area contributed by atoms with Gasteiger partial charge in [-0.05, 0) is 12.1 Å². The summed E-state index contributed by atoms with van der Waals surface area (Å²) in [6, 6.07) is 3.78. The monoisotopic (exact) mass is 330 g/mol. The van der Waals surface area contributed by atoms with Crippen molar-refractivity contribution in [2.24, 2.45) is 7.05 Å². The zero-order chi connectivity index (χ0) is 17.3. The Kier molecular flexibility index (Phi) is 4.49. The quantitative estimate of drug-likeness (QED) is 0.866. The zero-order valence-electron chi connectivity index (χ0n) is 15.0. The van der Waals surface area contributed by atoms with Crippen molar-refractivity contribution >= 4 is 5.91 Å². The first-order valence-corrected chi connectivity index (χ1v) is 8.42. The third-order valence-corrected chi connectivity index (χ3v) is 4.40. The van der Waals surface area contributed by atoms with Crippen molar-refractivity contribution in [3.63, 3.8) is 0 Å². The number of aryl methyl sites for hydroxylation is 1. The Labute approximate surface area is 143 Å². The minimum Gasteiger partial charge on any atom is -0.448 e.